The Bertz CT molecular complexity index is 919. The minimum Gasteiger partial charge on any atom is -0.484 e. The largest absolute Gasteiger partial charge is 0.484 e. The number of halogens is 1. The molecule has 7 nitrogen and oxygen atoms in total. The summed E-state index contributed by atoms with van der Waals surface area (Å²) in [5.41, 5.74) is 0.626. The summed E-state index contributed by atoms with van der Waals surface area (Å²) in [5, 5.41) is 2.72. The molecule has 0 bridgehead atoms. The van der Waals surface area contributed by atoms with Crippen molar-refractivity contribution in [3.8, 4) is 5.75 Å². The van der Waals surface area contributed by atoms with E-state index >= 15 is 0 Å². The first-order chi connectivity index (χ1) is 13.7. The topological polar surface area (TPSA) is 84.9 Å². The van der Waals surface area contributed by atoms with Crippen LogP contribution < -0.4 is 14.4 Å². The van der Waals surface area contributed by atoms with Crippen LogP contribution in [0.1, 0.15) is 12.5 Å². The van der Waals surface area contributed by atoms with E-state index in [1.165, 1.54) is 12.1 Å². The van der Waals surface area contributed by atoms with Crippen LogP contribution in [0.5, 0.6) is 5.75 Å². The predicted molar refractivity (Wildman–Crippen MR) is 109 cm³/mol. The van der Waals surface area contributed by atoms with Crippen molar-refractivity contribution in [2.45, 2.75) is 19.5 Å². The summed E-state index contributed by atoms with van der Waals surface area (Å²) in [7, 11) is -2.09. The van der Waals surface area contributed by atoms with E-state index < -0.39 is 15.8 Å². The summed E-state index contributed by atoms with van der Waals surface area (Å²) in [6, 6.07) is 12.1. The fourth-order valence-corrected chi connectivity index (χ4v) is 3.53. The van der Waals surface area contributed by atoms with Crippen molar-refractivity contribution in [2.24, 2.45) is 0 Å². The van der Waals surface area contributed by atoms with Gasteiger partial charge < -0.3 is 14.8 Å². The molecule has 0 heterocycles. The van der Waals surface area contributed by atoms with Crippen LogP contribution in [-0.4, -0.2) is 46.9 Å². The Morgan fingerprint density at radius 3 is 2.41 bits per heavy atom. The standard InChI is InChI=1S/C20H25FN2O5S/c1-15(13-27-2)22-20(24)14-28-18-10-8-17(9-11-18)23(29(3,25)26)12-16-6-4-5-7-19(16)21/h4-11,15H,12-14H2,1-3H3,(H,22,24)/t15-/m0/s1. The first kappa shape index (κ1) is 22.6. The molecule has 0 saturated heterocycles. The Labute approximate surface area is 170 Å². The van der Waals surface area contributed by atoms with Gasteiger partial charge in [-0.15, -0.1) is 0 Å². The van der Waals surface area contributed by atoms with Crippen LogP contribution in [0.25, 0.3) is 0 Å². The van der Waals surface area contributed by atoms with E-state index in [-0.39, 0.29) is 30.7 Å². The Morgan fingerprint density at radius 2 is 1.83 bits per heavy atom. The first-order valence-electron chi connectivity index (χ1n) is 8.93. The second-order valence-corrected chi connectivity index (χ2v) is 8.47. The Kier molecular flexibility index (Phi) is 7.98. The van der Waals surface area contributed by atoms with Gasteiger partial charge in [-0.25, -0.2) is 12.8 Å². The third-order valence-electron chi connectivity index (χ3n) is 3.99. The smallest absolute Gasteiger partial charge is 0.258 e. The number of ether oxygens (including phenoxy) is 2. The number of carbonyl (C=O) groups is 1. The second kappa shape index (κ2) is 10.2. The maximum absolute atomic E-state index is 13.9. The number of nitrogens with one attached hydrogen (secondary N) is 1. The van der Waals surface area contributed by atoms with Gasteiger partial charge in [0, 0.05) is 18.7 Å². The van der Waals surface area contributed by atoms with Crippen LogP contribution in [0.2, 0.25) is 0 Å². The summed E-state index contributed by atoms with van der Waals surface area (Å²) in [5.74, 6) is -0.367. The van der Waals surface area contributed by atoms with Gasteiger partial charge in [0.05, 0.1) is 25.1 Å². The summed E-state index contributed by atoms with van der Waals surface area (Å²) in [6.45, 7) is 1.89. The van der Waals surface area contributed by atoms with E-state index in [0.29, 0.717) is 18.0 Å². The van der Waals surface area contributed by atoms with Gasteiger partial charge in [0.15, 0.2) is 6.61 Å². The zero-order chi connectivity index (χ0) is 21.4. The van der Waals surface area contributed by atoms with Crippen LogP contribution in [0.3, 0.4) is 0 Å². The molecule has 0 fully saturated rings. The molecule has 0 aliphatic carbocycles. The zero-order valence-corrected chi connectivity index (χ0v) is 17.4. The molecule has 0 aromatic heterocycles. The third-order valence-corrected chi connectivity index (χ3v) is 5.13. The molecule has 2 aromatic rings. The number of amides is 1. The lowest BCUT2D eigenvalue weighted by molar-refractivity contribution is -0.124. The predicted octanol–water partition coefficient (Wildman–Crippen LogP) is 2.32. The van der Waals surface area contributed by atoms with Gasteiger partial charge in [-0.1, -0.05) is 18.2 Å². The van der Waals surface area contributed by atoms with Crippen LogP contribution in [0, 0.1) is 5.82 Å². The molecular formula is C20H25FN2O5S. The maximum atomic E-state index is 13.9. The lowest BCUT2D eigenvalue weighted by Crippen LogP contribution is -2.38. The number of benzene rings is 2. The fourth-order valence-electron chi connectivity index (χ4n) is 2.65. The second-order valence-electron chi connectivity index (χ2n) is 6.57. The van der Waals surface area contributed by atoms with E-state index in [2.05, 4.69) is 5.32 Å². The Balaban J connectivity index is 2.06. The van der Waals surface area contributed by atoms with Crippen molar-refractivity contribution in [2.75, 3.05) is 30.9 Å². The summed E-state index contributed by atoms with van der Waals surface area (Å²) in [4.78, 5) is 11.8. The van der Waals surface area contributed by atoms with Gasteiger partial charge in [-0.3, -0.25) is 9.10 Å². The highest BCUT2D eigenvalue weighted by molar-refractivity contribution is 7.92. The van der Waals surface area contributed by atoms with Gasteiger partial charge in [-0.05, 0) is 37.3 Å². The van der Waals surface area contributed by atoms with Gasteiger partial charge >= 0.3 is 0 Å². The SMILES string of the molecule is COC[C@H](C)NC(=O)COc1ccc(N(Cc2ccccc2F)S(C)(=O)=O)cc1. The highest BCUT2D eigenvalue weighted by Gasteiger charge is 2.19. The average molecular weight is 424 g/mol. The van der Waals surface area contributed by atoms with Crippen molar-refractivity contribution in [1.82, 2.24) is 5.32 Å². The van der Waals surface area contributed by atoms with E-state index in [4.69, 9.17) is 9.47 Å². The maximum Gasteiger partial charge on any atom is 0.258 e. The number of rotatable bonds is 10. The number of sulfonamides is 1. The highest BCUT2D eigenvalue weighted by atomic mass is 32.2. The molecule has 0 radical (unpaired) electrons. The van der Waals surface area contributed by atoms with Crippen LogP contribution in [0.15, 0.2) is 48.5 Å². The molecule has 2 rings (SSSR count). The molecule has 2 aromatic carbocycles. The normalized spacial score (nSPS) is 12.3. The molecule has 29 heavy (non-hydrogen) atoms. The van der Waals surface area contributed by atoms with Gasteiger partial charge in [-0.2, -0.15) is 0 Å². The quantitative estimate of drug-likeness (QED) is 0.633. The molecule has 0 unspecified atom stereocenters. The van der Waals surface area contributed by atoms with Crippen LogP contribution in [0.4, 0.5) is 10.1 Å². The minimum atomic E-state index is -3.64. The van der Waals surface area contributed by atoms with Crippen LogP contribution in [-0.2, 0) is 26.1 Å². The van der Waals surface area contributed by atoms with Crippen molar-refractivity contribution in [3.63, 3.8) is 0 Å². The van der Waals surface area contributed by atoms with E-state index in [9.17, 15) is 17.6 Å². The highest BCUT2D eigenvalue weighted by Crippen LogP contribution is 2.24. The number of methoxy groups -OCH3 is 1. The Morgan fingerprint density at radius 1 is 1.17 bits per heavy atom. The number of carbonyl (C=O) groups excluding carboxylic acids is 1. The van der Waals surface area contributed by atoms with Crippen molar-refractivity contribution in [1.29, 1.82) is 0 Å². The molecule has 1 N–H and O–H groups in total. The fraction of sp³-hybridized carbons (Fsp3) is 0.350. The number of nitrogens with zero attached hydrogens (tertiary/aromatic N) is 1. The molecule has 0 aliphatic heterocycles. The lowest BCUT2D eigenvalue weighted by Gasteiger charge is -2.23. The molecule has 9 heteroatoms. The molecule has 1 atom stereocenters. The van der Waals surface area contributed by atoms with Gasteiger partial charge in [0.25, 0.3) is 5.91 Å². The van der Waals surface area contributed by atoms with Gasteiger partial charge in [0.1, 0.15) is 11.6 Å². The summed E-state index contributed by atoms with van der Waals surface area (Å²) in [6.07, 6.45) is 1.06. The van der Waals surface area contributed by atoms with Crippen LogP contribution >= 0.6 is 0 Å². The number of hydrogen-bond acceptors (Lipinski definition) is 5. The zero-order valence-electron chi connectivity index (χ0n) is 16.6. The number of anilines is 1. The van der Waals surface area contributed by atoms with Gasteiger partial charge in [0.2, 0.25) is 10.0 Å². The van der Waals surface area contributed by atoms with E-state index in [1.54, 1.807) is 43.5 Å². The number of hydrogen-bond donors (Lipinski definition) is 1. The summed E-state index contributed by atoms with van der Waals surface area (Å²) < 4.78 is 49.8. The van der Waals surface area contributed by atoms with Crippen molar-refractivity contribution >= 4 is 21.6 Å². The molecule has 1 amide bonds. The molecular weight excluding hydrogens is 399 g/mol. The van der Waals surface area contributed by atoms with Crippen molar-refractivity contribution < 1.29 is 27.1 Å². The molecule has 0 saturated carbocycles. The third kappa shape index (κ3) is 7.03. The monoisotopic (exact) mass is 424 g/mol. The molecule has 158 valence electrons. The minimum absolute atomic E-state index is 0.133. The molecule has 0 spiro atoms. The molecule has 0 aliphatic rings. The Hall–Kier alpha value is -2.65. The van der Waals surface area contributed by atoms with E-state index in [1.807, 2.05) is 6.92 Å². The lowest BCUT2D eigenvalue weighted by atomic mass is 10.2. The average Bonchev–Trinajstić information content (AvgIpc) is 2.65. The van der Waals surface area contributed by atoms with E-state index in [0.717, 1.165) is 10.6 Å². The summed E-state index contributed by atoms with van der Waals surface area (Å²) >= 11 is 0. The van der Waals surface area contributed by atoms with Crippen molar-refractivity contribution in [3.05, 3.63) is 59.9 Å². The first-order valence-corrected chi connectivity index (χ1v) is 10.8.